The molecule has 1 aromatic carbocycles. The number of benzene rings is 1. The fourth-order valence-electron chi connectivity index (χ4n) is 3.22. The lowest BCUT2D eigenvalue weighted by Crippen LogP contribution is -2.33. The molecule has 3 nitrogen and oxygen atoms in total. The van der Waals surface area contributed by atoms with E-state index in [1.165, 1.54) is 11.0 Å². The zero-order valence-corrected chi connectivity index (χ0v) is 13.8. The van der Waals surface area contributed by atoms with Gasteiger partial charge in [0, 0.05) is 13.1 Å². The summed E-state index contributed by atoms with van der Waals surface area (Å²) in [6.07, 6.45) is -7.61. The van der Waals surface area contributed by atoms with E-state index in [1.54, 1.807) is 6.07 Å². The molecule has 9 heteroatoms. The minimum Gasteiger partial charge on any atom is -0.481 e. The van der Waals surface area contributed by atoms with Crippen molar-refractivity contribution in [3.05, 3.63) is 35.4 Å². The molecule has 1 fully saturated rings. The molecule has 1 aliphatic rings. The number of hydrogen-bond acceptors (Lipinski definition) is 2. The fraction of sp³-hybridized carbons (Fsp3) is 0.588. The monoisotopic (exact) mass is 383 g/mol. The molecule has 0 unspecified atom stereocenters. The molecule has 0 spiro atoms. The SMILES string of the molecule is O=C(O)[C@@H]1CN(CCCCc2cccc(C(F)(F)F)c2)C[C@H]1C(F)(F)F. The summed E-state index contributed by atoms with van der Waals surface area (Å²) in [4.78, 5) is 12.5. The third-order valence-electron chi connectivity index (χ3n) is 4.58. The molecule has 1 aliphatic heterocycles. The van der Waals surface area contributed by atoms with E-state index in [0.717, 1.165) is 12.1 Å². The zero-order chi connectivity index (χ0) is 19.5. The van der Waals surface area contributed by atoms with Crippen molar-refractivity contribution in [2.24, 2.45) is 11.8 Å². The second-order valence-electron chi connectivity index (χ2n) is 6.51. The highest BCUT2D eigenvalue weighted by Crippen LogP contribution is 2.37. The zero-order valence-electron chi connectivity index (χ0n) is 13.8. The number of carboxylic acid groups (broad SMARTS) is 1. The number of halogens is 6. The summed E-state index contributed by atoms with van der Waals surface area (Å²) in [5.41, 5.74) is -0.218. The maximum absolute atomic E-state index is 12.9. The lowest BCUT2D eigenvalue weighted by atomic mass is 9.96. The smallest absolute Gasteiger partial charge is 0.416 e. The summed E-state index contributed by atoms with van der Waals surface area (Å²) in [5.74, 6) is -4.82. The largest absolute Gasteiger partial charge is 0.481 e. The van der Waals surface area contributed by atoms with Crippen LogP contribution in [0, 0.1) is 11.8 Å². The second-order valence-corrected chi connectivity index (χ2v) is 6.51. The van der Waals surface area contributed by atoms with Gasteiger partial charge in [-0.2, -0.15) is 26.3 Å². The van der Waals surface area contributed by atoms with Crippen molar-refractivity contribution >= 4 is 5.97 Å². The fourth-order valence-corrected chi connectivity index (χ4v) is 3.22. The van der Waals surface area contributed by atoms with Crippen LogP contribution < -0.4 is 0 Å². The molecule has 146 valence electrons. The highest BCUT2D eigenvalue weighted by atomic mass is 19.4. The topological polar surface area (TPSA) is 40.5 Å². The van der Waals surface area contributed by atoms with Crippen LogP contribution in [-0.4, -0.2) is 41.8 Å². The second kappa shape index (κ2) is 7.85. The Morgan fingerprint density at radius 3 is 2.35 bits per heavy atom. The van der Waals surface area contributed by atoms with Gasteiger partial charge in [-0.3, -0.25) is 4.79 Å². The number of alkyl halides is 6. The molecular weight excluding hydrogens is 364 g/mol. The molecule has 0 aliphatic carbocycles. The number of hydrogen-bond donors (Lipinski definition) is 1. The van der Waals surface area contributed by atoms with Crippen molar-refractivity contribution in [3.8, 4) is 0 Å². The quantitative estimate of drug-likeness (QED) is 0.591. The van der Waals surface area contributed by atoms with Crippen molar-refractivity contribution in [1.29, 1.82) is 0 Å². The Morgan fingerprint density at radius 1 is 1.12 bits per heavy atom. The number of carboxylic acids is 1. The van der Waals surface area contributed by atoms with Gasteiger partial charge >= 0.3 is 18.3 Å². The average Bonchev–Trinajstić information content (AvgIpc) is 2.96. The van der Waals surface area contributed by atoms with E-state index in [1.807, 2.05) is 0 Å². The van der Waals surface area contributed by atoms with Gasteiger partial charge in [0.1, 0.15) is 0 Å². The van der Waals surface area contributed by atoms with Crippen molar-refractivity contribution in [1.82, 2.24) is 4.90 Å². The van der Waals surface area contributed by atoms with Crippen molar-refractivity contribution in [2.45, 2.75) is 31.6 Å². The van der Waals surface area contributed by atoms with E-state index in [2.05, 4.69) is 0 Å². The summed E-state index contributed by atoms with van der Waals surface area (Å²) < 4.78 is 76.7. The molecule has 1 aromatic rings. The molecule has 0 bridgehead atoms. The minimum atomic E-state index is -4.56. The summed E-state index contributed by atoms with van der Waals surface area (Å²) in [6, 6.07) is 4.95. The van der Waals surface area contributed by atoms with E-state index in [-0.39, 0.29) is 19.6 Å². The first kappa shape index (κ1) is 20.5. The molecule has 1 N–H and O–H groups in total. The van der Waals surface area contributed by atoms with Gasteiger partial charge in [0.15, 0.2) is 0 Å². The number of aliphatic carboxylic acids is 1. The van der Waals surface area contributed by atoms with Crippen molar-refractivity contribution < 1.29 is 36.2 Å². The van der Waals surface area contributed by atoms with Crippen molar-refractivity contribution in [2.75, 3.05) is 19.6 Å². The van der Waals surface area contributed by atoms with Crippen LogP contribution in [0.2, 0.25) is 0 Å². The molecule has 1 heterocycles. The average molecular weight is 383 g/mol. The van der Waals surface area contributed by atoms with Crippen LogP contribution in [0.3, 0.4) is 0 Å². The predicted molar refractivity (Wildman–Crippen MR) is 81.5 cm³/mol. The van der Waals surface area contributed by atoms with Gasteiger partial charge < -0.3 is 10.0 Å². The Kier molecular flexibility index (Phi) is 6.21. The molecule has 0 amide bonds. The van der Waals surface area contributed by atoms with Crippen LogP contribution in [-0.2, 0) is 17.4 Å². The third-order valence-corrected chi connectivity index (χ3v) is 4.58. The van der Waals surface area contributed by atoms with Gasteiger partial charge in [-0.1, -0.05) is 18.2 Å². The van der Waals surface area contributed by atoms with Crippen LogP contribution >= 0.6 is 0 Å². The predicted octanol–water partition coefficient (Wildman–Crippen LogP) is 4.22. The van der Waals surface area contributed by atoms with Crippen LogP contribution in [0.5, 0.6) is 0 Å². The Bertz CT molecular complexity index is 628. The first-order valence-corrected chi connectivity index (χ1v) is 8.16. The van der Waals surface area contributed by atoms with Gasteiger partial charge in [-0.05, 0) is 37.4 Å². The Labute approximate surface area is 146 Å². The summed E-state index contributed by atoms with van der Waals surface area (Å²) in [5, 5.41) is 8.96. The Balaban J connectivity index is 1.83. The lowest BCUT2D eigenvalue weighted by Gasteiger charge is -2.18. The van der Waals surface area contributed by atoms with E-state index < -0.39 is 35.7 Å². The van der Waals surface area contributed by atoms with Crippen LogP contribution in [0.25, 0.3) is 0 Å². The number of aryl methyl sites for hydroxylation is 1. The van der Waals surface area contributed by atoms with E-state index in [4.69, 9.17) is 5.11 Å². The third kappa shape index (κ3) is 5.36. The summed E-state index contributed by atoms with van der Waals surface area (Å²) in [7, 11) is 0. The normalized spacial score (nSPS) is 21.9. The number of likely N-dealkylation sites (tertiary alicyclic amines) is 1. The first-order chi connectivity index (χ1) is 12.0. The Hall–Kier alpha value is -1.77. The molecule has 26 heavy (non-hydrogen) atoms. The number of nitrogens with zero attached hydrogens (tertiary/aromatic N) is 1. The number of unbranched alkanes of at least 4 members (excludes halogenated alkanes) is 1. The van der Waals surface area contributed by atoms with Crippen LogP contribution in [0.15, 0.2) is 24.3 Å². The first-order valence-electron chi connectivity index (χ1n) is 8.16. The molecule has 2 atom stereocenters. The lowest BCUT2D eigenvalue weighted by molar-refractivity contribution is -0.188. The maximum atomic E-state index is 12.9. The van der Waals surface area contributed by atoms with Gasteiger partial charge in [-0.15, -0.1) is 0 Å². The molecule has 0 radical (unpaired) electrons. The summed E-state index contributed by atoms with van der Waals surface area (Å²) in [6.45, 7) is -0.234. The van der Waals surface area contributed by atoms with Crippen LogP contribution in [0.4, 0.5) is 26.3 Å². The van der Waals surface area contributed by atoms with E-state index >= 15 is 0 Å². The van der Waals surface area contributed by atoms with E-state index in [0.29, 0.717) is 24.8 Å². The Morgan fingerprint density at radius 2 is 1.81 bits per heavy atom. The van der Waals surface area contributed by atoms with Gasteiger partial charge in [-0.25, -0.2) is 0 Å². The number of carbonyl (C=O) groups is 1. The van der Waals surface area contributed by atoms with Crippen LogP contribution in [0.1, 0.15) is 24.0 Å². The highest BCUT2D eigenvalue weighted by molar-refractivity contribution is 5.71. The van der Waals surface area contributed by atoms with Gasteiger partial charge in [0.05, 0.1) is 17.4 Å². The molecule has 1 saturated heterocycles. The summed E-state index contributed by atoms with van der Waals surface area (Å²) >= 11 is 0. The standard InChI is InChI=1S/C17H19F6NO2/c18-16(19,20)12-6-3-5-11(8-12)4-1-2-7-24-9-13(15(25)26)14(10-24)17(21,22)23/h3,5-6,8,13-14H,1-2,4,7,9-10H2,(H,25,26)/t13-,14-/m1/s1. The van der Waals surface area contributed by atoms with Gasteiger partial charge in [0.2, 0.25) is 0 Å². The minimum absolute atomic E-state index is 0.164. The number of rotatable bonds is 6. The highest BCUT2D eigenvalue weighted by Gasteiger charge is 2.52. The van der Waals surface area contributed by atoms with Crippen molar-refractivity contribution in [3.63, 3.8) is 0 Å². The molecule has 0 aromatic heterocycles. The van der Waals surface area contributed by atoms with E-state index in [9.17, 15) is 31.1 Å². The maximum Gasteiger partial charge on any atom is 0.416 e. The van der Waals surface area contributed by atoms with Gasteiger partial charge in [0.25, 0.3) is 0 Å². The molecule has 0 saturated carbocycles. The molecular formula is C17H19F6NO2. The molecule has 2 rings (SSSR count).